The highest BCUT2D eigenvalue weighted by Gasteiger charge is 2.04. The molecule has 0 aliphatic rings. The number of unbranched alkanes of at least 4 members (excludes halogenated alkanes) is 24. The van der Waals surface area contributed by atoms with E-state index in [2.05, 4.69) is 39.3 Å². The van der Waals surface area contributed by atoms with Gasteiger partial charge in [-0.05, 0) is 49.8 Å². The standard InChI is InChI=1S/C37H68N/c1-4-7-9-11-13-15-17-19-21-23-25-27-29-31-36-33-35(6-3)34-37(38-36)32-30-28-26-24-22-20-18-16-14-12-10-8-5-2/h6,33-34H,4-5,7-32H2,1-3H3. The summed E-state index contributed by atoms with van der Waals surface area (Å²) in [6.45, 7) is 6.77. The Labute approximate surface area is 240 Å². The fourth-order valence-corrected chi connectivity index (χ4v) is 5.75. The van der Waals surface area contributed by atoms with Crippen LogP contribution in [-0.2, 0) is 12.8 Å². The van der Waals surface area contributed by atoms with Crippen molar-refractivity contribution < 1.29 is 0 Å². The average Bonchev–Trinajstić information content (AvgIpc) is 2.93. The van der Waals surface area contributed by atoms with Gasteiger partial charge in [0.15, 0.2) is 0 Å². The zero-order valence-electron chi connectivity index (χ0n) is 26.5. The monoisotopic (exact) mass is 527 g/mol. The van der Waals surface area contributed by atoms with Gasteiger partial charge in [0.1, 0.15) is 0 Å². The number of rotatable bonds is 29. The van der Waals surface area contributed by atoms with Gasteiger partial charge in [-0.25, -0.2) is 0 Å². The number of nitrogens with zero attached hydrogens (tertiary/aromatic N) is 1. The molecule has 0 atom stereocenters. The van der Waals surface area contributed by atoms with E-state index in [0.29, 0.717) is 0 Å². The van der Waals surface area contributed by atoms with E-state index in [9.17, 15) is 0 Å². The first kappa shape index (κ1) is 35.2. The summed E-state index contributed by atoms with van der Waals surface area (Å²) in [6, 6.07) is 4.65. The van der Waals surface area contributed by atoms with Crippen LogP contribution in [0.4, 0.5) is 0 Å². The fraction of sp³-hybridized carbons (Fsp3) is 0.838. The Bertz CT molecular complexity index is 558. The largest absolute Gasteiger partial charge is 0.258 e. The summed E-state index contributed by atoms with van der Waals surface area (Å²) in [4.78, 5) is 5.05. The summed E-state index contributed by atoms with van der Waals surface area (Å²) < 4.78 is 0. The van der Waals surface area contributed by atoms with Crippen molar-refractivity contribution in [1.82, 2.24) is 4.98 Å². The van der Waals surface area contributed by atoms with Gasteiger partial charge in [0.25, 0.3) is 0 Å². The van der Waals surface area contributed by atoms with Crippen LogP contribution in [0.3, 0.4) is 0 Å². The van der Waals surface area contributed by atoms with Crippen molar-refractivity contribution >= 4 is 0 Å². The third kappa shape index (κ3) is 22.0. The van der Waals surface area contributed by atoms with Crippen LogP contribution >= 0.6 is 0 Å². The predicted molar refractivity (Wildman–Crippen MR) is 172 cm³/mol. The van der Waals surface area contributed by atoms with Gasteiger partial charge < -0.3 is 0 Å². The van der Waals surface area contributed by atoms with Gasteiger partial charge in [-0.15, -0.1) is 0 Å². The molecule has 0 unspecified atom stereocenters. The minimum atomic E-state index is 1.16. The lowest BCUT2D eigenvalue weighted by Gasteiger charge is -2.09. The molecule has 0 fully saturated rings. The minimum Gasteiger partial charge on any atom is -0.258 e. The second-order valence-electron chi connectivity index (χ2n) is 12.2. The second-order valence-corrected chi connectivity index (χ2v) is 12.2. The number of pyridine rings is 1. The molecule has 38 heavy (non-hydrogen) atoms. The summed E-state index contributed by atoms with van der Waals surface area (Å²) >= 11 is 0. The SMILES string of the molecule is C[CH]c1cc(CCCCCCCCCCCCCCC)nc(CCCCCCCCCCCCCCC)c1. The minimum absolute atomic E-state index is 1.16. The highest BCUT2D eigenvalue weighted by Crippen LogP contribution is 2.17. The van der Waals surface area contributed by atoms with E-state index < -0.39 is 0 Å². The molecule has 1 heteroatoms. The van der Waals surface area contributed by atoms with Gasteiger partial charge in [0, 0.05) is 11.4 Å². The highest BCUT2D eigenvalue weighted by molar-refractivity contribution is 5.27. The molecule has 1 aromatic rings. The lowest BCUT2D eigenvalue weighted by molar-refractivity contribution is 0.537. The van der Waals surface area contributed by atoms with Crippen LogP contribution in [0.1, 0.15) is 205 Å². The lowest BCUT2D eigenvalue weighted by Crippen LogP contribution is -1.99. The Morgan fingerprint density at radius 2 is 0.684 bits per heavy atom. The Hall–Kier alpha value is -0.850. The molecule has 0 spiro atoms. The predicted octanol–water partition coefficient (Wildman–Crippen LogP) is 12.9. The number of aryl methyl sites for hydroxylation is 2. The molecule has 221 valence electrons. The van der Waals surface area contributed by atoms with Crippen molar-refractivity contribution in [3.8, 4) is 0 Å². The molecular formula is C37H68N. The van der Waals surface area contributed by atoms with Crippen LogP contribution in [0, 0.1) is 6.42 Å². The second kappa shape index (κ2) is 27.7. The summed E-state index contributed by atoms with van der Waals surface area (Å²) in [5.74, 6) is 0. The Balaban J connectivity index is 2.03. The Morgan fingerprint density at radius 3 is 0.947 bits per heavy atom. The molecule has 0 bridgehead atoms. The third-order valence-corrected chi connectivity index (χ3v) is 8.36. The smallest absolute Gasteiger partial charge is 0.0409 e. The van der Waals surface area contributed by atoms with Gasteiger partial charge in [-0.2, -0.15) is 0 Å². The quantitative estimate of drug-likeness (QED) is 0.0946. The molecule has 1 aromatic heterocycles. The molecule has 1 radical (unpaired) electrons. The molecule has 0 saturated carbocycles. The molecular weight excluding hydrogens is 458 g/mol. The zero-order chi connectivity index (χ0) is 27.4. The van der Waals surface area contributed by atoms with Crippen LogP contribution < -0.4 is 0 Å². The highest BCUT2D eigenvalue weighted by atomic mass is 14.7. The van der Waals surface area contributed by atoms with Crippen molar-refractivity contribution in [2.24, 2.45) is 0 Å². The molecule has 1 heterocycles. The maximum atomic E-state index is 5.05. The maximum Gasteiger partial charge on any atom is 0.0409 e. The van der Waals surface area contributed by atoms with E-state index in [-0.39, 0.29) is 0 Å². The van der Waals surface area contributed by atoms with Crippen LogP contribution in [0.5, 0.6) is 0 Å². The van der Waals surface area contributed by atoms with Crippen molar-refractivity contribution in [2.45, 2.75) is 201 Å². The summed E-state index contributed by atoms with van der Waals surface area (Å²) in [5.41, 5.74) is 4.02. The zero-order valence-corrected chi connectivity index (χ0v) is 26.5. The number of aromatic nitrogens is 1. The van der Waals surface area contributed by atoms with Crippen molar-refractivity contribution in [3.05, 3.63) is 35.5 Å². The molecule has 1 nitrogen and oxygen atoms in total. The first-order valence-corrected chi connectivity index (χ1v) is 17.6. The maximum absolute atomic E-state index is 5.05. The average molecular weight is 527 g/mol. The van der Waals surface area contributed by atoms with Crippen LogP contribution in [0.15, 0.2) is 12.1 Å². The number of hydrogen-bond donors (Lipinski definition) is 0. The topological polar surface area (TPSA) is 12.9 Å². The molecule has 0 saturated heterocycles. The summed E-state index contributed by atoms with van der Waals surface area (Å²) in [7, 11) is 0. The third-order valence-electron chi connectivity index (χ3n) is 8.36. The molecule has 1 rings (SSSR count). The summed E-state index contributed by atoms with van der Waals surface area (Å²) in [5, 5.41) is 0. The first-order valence-electron chi connectivity index (χ1n) is 17.6. The fourth-order valence-electron chi connectivity index (χ4n) is 5.75. The number of hydrogen-bond acceptors (Lipinski definition) is 1. The van der Waals surface area contributed by atoms with E-state index in [0.717, 1.165) is 12.8 Å². The van der Waals surface area contributed by atoms with Crippen molar-refractivity contribution in [3.63, 3.8) is 0 Å². The Morgan fingerprint density at radius 1 is 0.421 bits per heavy atom. The van der Waals surface area contributed by atoms with Gasteiger partial charge in [0.05, 0.1) is 0 Å². The lowest BCUT2D eigenvalue weighted by atomic mass is 10.0. The van der Waals surface area contributed by atoms with E-state index >= 15 is 0 Å². The first-order chi connectivity index (χ1) is 18.8. The van der Waals surface area contributed by atoms with Crippen molar-refractivity contribution in [2.75, 3.05) is 0 Å². The van der Waals surface area contributed by atoms with E-state index in [4.69, 9.17) is 4.98 Å². The van der Waals surface area contributed by atoms with E-state index in [1.165, 1.54) is 184 Å². The Kier molecular flexibility index (Phi) is 25.6. The van der Waals surface area contributed by atoms with Crippen LogP contribution in [0.25, 0.3) is 0 Å². The summed E-state index contributed by atoms with van der Waals surface area (Å²) in [6.07, 6.45) is 41.5. The van der Waals surface area contributed by atoms with Crippen molar-refractivity contribution in [1.29, 1.82) is 0 Å². The van der Waals surface area contributed by atoms with E-state index in [1.54, 1.807) is 0 Å². The van der Waals surface area contributed by atoms with E-state index in [1.807, 2.05) is 0 Å². The van der Waals surface area contributed by atoms with Gasteiger partial charge >= 0.3 is 0 Å². The molecule has 0 amide bonds. The van der Waals surface area contributed by atoms with Crippen LogP contribution in [-0.4, -0.2) is 4.98 Å². The van der Waals surface area contributed by atoms with Gasteiger partial charge in [0.2, 0.25) is 0 Å². The molecule has 0 N–H and O–H groups in total. The normalized spacial score (nSPS) is 11.4. The molecule has 0 aliphatic carbocycles. The van der Waals surface area contributed by atoms with Crippen LogP contribution in [0.2, 0.25) is 0 Å². The van der Waals surface area contributed by atoms with Gasteiger partial charge in [-0.1, -0.05) is 175 Å². The molecule has 0 aliphatic heterocycles. The molecule has 0 aromatic carbocycles. The van der Waals surface area contributed by atoms with Gasteiger partial charge in [-0.3, -0.25) is 4.98 Å².